The predicted octanol–water partition coefficient (Wildman–Crippen LogP) is 1.75. The van der Waals surface area contributed by atoms with E-state index in [1.54, 1.807) is 0 Å². The summed E-state index contributed by atoms with van der Waals surface area (Å²) >= 11 is 0. The Kier molecular flexibility index (Phi) is 7.01. The maximum absolute atomic E-state index is 13.7. The summed E-state index contributed by atoms with van der Waals surface area (Å²) in [5.74, 6) is -2.15. The van der Waals surface area contributed by atoms with Gasteiger partial charge in [0.25, 0.3) is 0 Å². The van der Waals surface area contributed by atoms with Gasteiger partial charge in [0.2, 0.25) is 17.7 Å². The number of carbonyl (C=O) groups excluding carboxylic acids is 3. The van der Waals surface area contributed by atoms with Gasteiger partial charge < -0.3 is 25.4 Å². The first-order chi connectivity index (χ1) is 16.3. The van der Waals surface area contributed by atoms with E-state index in [9.17, 15) is 19.5 Å². The lowest BCUT2D eigenvalue weighted by Gasteiger charge is -2.34. The van der Waals surface area contributed by atoms with Crippen LogP contribution in [0.3, 0.4) is 0 Å². The van der Waals surface area contributed by atoms with E-state index in [0.717, 1.165) is 18.4 Å². The number of aliphatic hydroxyl groups excluding tert-OH is 1. The number of benzene rings is 1. The zero-order valence-electron chi connectivity index (χ0n) is 20.4. The van der Waals surface area contributed by atoms with Crippen LogP contribution in [-0.2, 0) is 25.7 Å². The lowest BCUT2D eigenvalue weighted by Crippen LogP contribution is -2.56. The summed E-state index contributed by atoms with van der Waals surface area (Å²) in [7, 11) is 0. The summed E-state index contributed by atoms with van der Waals surface area (Å²) in [4.78, 5) is 42.2. The molecule has 6 atom stereocenters. The molecular formula is C26H37N3O5. The van der Waals surface area contributed by atoms with Gasteiger partial charge in [-0.05, 0) is 38.2 Å². The molecule has 1 aromatic carbocycles. The fourth-order valence-corrected chi connectivity index (χ4v) is 6.49. The standard InChI is InChI=1S/C26H37N3O5/c1-4-9-17(3)28-23(32)21-26-13-12-25(5-2,34-26)19(20(26)24(33)29(21)14-15-30)22(31)27-16-18-10-7-6-8-11-18/h6-8,10-11,17,19-21,30H,4-5,9,12-16H2,1-3H3,(H,27,31)(H,28,32)/t17?,19-,20-,21?,25+,26?/m0/s1. The minimum atomic E-state index is -1.05. The molecule has 4 rings (SSSR count). The van der Waals surface area contributed by atoms with Crippen LogP contribution in [0.15, 0.2) is 30.3 Å². The topological polar surface area (TPSA) is 108 Å². The Morgan fingerprint density at radius 3 is 2.59 bits per heavy atom. The normalized spacial score (nSPS) is 32.5. The van der Waals surface area contributed by atoms with Gasteiger partial charge in [0.15, 0.2) is 0 Å². The van der Waals surface area contributed by atoms with Crippen molar-refractivity contribution in [2.75, 3.05) is 13.2 Å². The number of amides is 3. The van der Waals surface area contributed by atoms with E-state index in [1.165, 1.54) is 4.90 Å². The van der Waals surface area contributed by atoms with Gasteiger partial charge in [-0.2, -0.15) is 0 Å². The van der Waals surface area contributed by atoms with Crippen LogP contribution in [0.2, 0.25) is 0 Å². The molecule has 3 N–H and O–H groups in total. The number of nitrogens with one attached hydrogen (secondary N) is 2. The molecule has 34 heavy (non-hydrogen) atoms. The Morgan fingerprint density at radius 1 is 1.21 bits per heavy atom. The molecule has 0 aliphatic carbocycles. The van der Waals surface area contributed by atoms with Gasteiger partial charge >= 0.3 is 0 Å². The number of aliphatic hydroxyl groups is 1. The van der Waals surface area contributed by atoms with Crippen molar-refractivity contribution in [2.24, 2.45) is 11.8 Å². The maximum atomic E-state index is 13.7. The van der Waals surface area contributed by atoms with Crippen molar-refractivity contribution in [1.29, 1.82) is 0 Å². The van der Waals surface area contributed by atoms with Crippen LogP contribution in [0, 0.1) is 11.8 Å². The first kappa shape index (κ1) is 24.7. The number of rotatable bonds is 10. The Balaban J connectivity index is 1.64. The molecule has 3 saturated heterocycles. The number of likely N-dealkylation sites (tertiary alicyclic amines) is 1. The van der Waals surface area contributed by atoms with Crippen LogP contribution in [0.1, 0.15) is 58.4 Å². The largest absolute Gasteiger partial charge is 0.395 e. The molecule has 0 aromatic heterocycles. The summed E-state index contributed by atoms with van der Waals surface area (Å²) in [6.07, 6.45) is 3.51. The molecule has 1 spiro atoms. The quantitative estimate of drug-likeness (QED) is 0.482. The van der Waals surface area contributed by atoms with Crippen molar-refractivity contribution >= 4 is 17.7 Å². The number of ether oxygens (including phenoxy) is 1. The van der Waals surface area contributed by atoms with E-state index < -0.39 is 29.1 Å². The monoisotopic (exact) mass is 471 g/mol. The molecule has 186 valence electrons. The third kappa shape index (κ3) is 3.90. The van der Waals surface area contributed by atoms with Gasteiger partial charge in [0, 0.05) is 19.1 Å². The molecule has 0 radical (unpaired) electrons. The van der Waals surface area contributed by atoms with Crippen molar-refractivity contribution < 1.29 is 24.2 Å². The highest BCUT2D eigenvalue weighted by Crippen LogP contribution is 2.64. The van der Waals surface area contributed by atoms with E-state index in [0.29, 0.717) is 25.8 Å². The highest BCUT2D eigenvalue weighted by molar-refractivity contribution is 5.99. The van der Waals surface area contributed by atoms with Crippen molar-refractivity contribution in [3.05, 3.63) is 35.9 Å². The Morgan fingerprint density at radius 2 is 1.94 bits per heavy atom. The highest BCUT2D eigenvalue weighted by atomic mass is 16.5. The number of hydrogen-bond donors (Lipinski definition) is 3. The predicted molar refractivity (Wildman–Crippen MR) is 126 cm³/mol. The number of fused-ring (bicyclic) bond motifs is 1. The molecule has 3 aliphatic rings. The van der Waals surface area contributed by atoms with Crippen molar-refractivity contribution in [3.63, 3.8) is 0 Å². The fraction of sp³-hybridized carbons (Fsp3) is 0.654. The molecule has 8 heteroatoms. The van der Waals surface area contributed by atoms with Crippen LogP contribution in [-0.4, -0.2) is 64.2 Å². The van der Waals surface area contributed by atoms with Gasteiger partial charge in [0.05, 0.1) is 24.0 Å². The average molecular weight is 472 g/mol. The summed E-state index contributed by atoms with van der Waals surface area (Å²) in [5.41, 5.74) is -0.838. The first-order valence-electron chi connectivity index (χ1n) is 12.6. The molecule has 3 amide bonds. The second kappa shape index (κ2) is 9.66. The van der Waals surface area contributed by atoms with E-state index >= 15 is 0 Å². The summed E-state index contributed by atoms with van der Waals surface area (Å²) < 4.78 is 6.66. The van der Waals surface area contributed by atoms with Gasteiger partial charge in [-0.15, -0.1) is 0 Å². The van der Waals surface area contributed by atoms with E-state index in [4.69, 9.17) is 4.74 Å². The molecule has 8 nitrogen and oxygen atoms in total. The minimum absolute atomic E-state index is 0.0391. The SMILES string of the molecule is CCCC(C)NC(=O)C1N(CCO)C(=O)[C@@H]2[C@@H](C(=O)NCc3ccccc3)[C@@]3(CC)CCC12O3. The van der Waals surface area contributed by atoms with Crippen LogP contribution >= 0.6 is 0 Å². The molecule has 3 fully saturated rings. The van der Waals surface area contributed by atoms with Crippen molar-refractivity contribution in [1.82, 2.24) is 15.5 Å². The van der Waals surface area contributed by atoms with Crippen LogP contribution in [0.4, 0.5) is 0 Å². The van der Waals surface area contributed by atoms with Crippen LogP contribution in [0.5, 0.6) is 0 Å². The van der Waals surface area contributed by atoms with Crippen molar-refractivity contribution in [2.45, 2.75) is 82.7 Å². The smallest absolute Gasteiger partial charge is 0.246 e. The Hall–Kier alpha value is -2.45. The van der Waals surface area contributed by atoms with Gasteiger partial charge in [-0.25, -0.2) is 0 Å². The fourth-order valence-electron chi connectivity index (χ4n) is 6.49. The van der Waals surface area contributed by atoms with Gasteiger partial charge in [-0.1, -0.05) is 50.6 Å². The van der Waals surface area contributed by atoms with E-state index in [1.807, 2.05) is 44.2 Å². The number of carbonyl (C=O) groups is 3. The summed E-state index contributed by atoms with van der Waals surface area (Å²) in [6, 6.07) is 8.75. The molecular weight excluding hydrogens is 434 g/mol. The second-order valence-electron chi connectivity index (χ2n) is 9.99. The van der Waals surface area contributed by atoms with Crippen LogP contribution < -0.4 is 10.6 Å². The van der Waals surface area contributed by atoms with E-state index in [-0.39, 0.29) is 36.9 Å². The summed E-state index contributed by atoms with van der Waals surface area (Å²) in [5, 5.41) is 15.7. The molecule has 3 unspecified atom stereocenters. The van der Waals surface area contributed by atoms with E-state index in [2.05, 4.69) is 17.6 Å². The van der Waals surface area contributed by atoms with Crippen LogP contribution in [0.25, 0.3) is 0 Å². The zero-order chi connectivity index (χ0) is 24.5. The number of nitrogens with zero attached hydrogens (tertiary/aromatic N) is 1. The third-order valence-electron chi connectivity index (χ3n) is 7.97. The Labute approximate surface area is 201 Å². The highest BCUT2D eigenvalue weighted by Gasteiger charge is 2.78. The van der Waals surface area contributed by atoms with Gasteiger partial charge in [0.1, 0.15) is 11.6 Å². The Bertz CT molecular complexity index is 924. The second-order valence-corrected chi connectivity index (χ2v) is 9.99. The molecule has 1 aromatic rings. The minimum Gasteiger partial charge on any atom is -0.395 e. The zero-order valence-corrected chi connectivity index (χ0v) is 20.4. The molecule has 2 bridgehead atoms. The summed E-state index contributed by atoms with van der Waals surface area (Å²) in [6.45, 7) is 6.13. The molecule has 3 heterocycles. The first-order valence-corrected chi connectivity index (χ1v) is 12.6. The average Bonchev–Trinajstić information content (AvgIpc) is 3.42. The lowest BCUT2D eigenvalue weighted by atomic mass is 9.65. The van der Waals surface area contributed by atoms with Crippen molar-refractivity contribution in [3.8, 4) is 0 Å². The molecule has 3 aliphatic heterocycles. The van der Waals surface area contributed by atoms with Gasteiger partial charge in [-0.3, -0.25) is 14.4 Å². The third-order valence-corrected chi connectivity index (χ3v) is 7.97. The number of hydrogen-bond acceptors (Lipinski definition) is 5. The maximum Gasteiger partial charge on any atom is 0.246 e. The number of β-amino-alcohol motifs (C(OH)–C–C–N with tert-alkyl or cyclic N) is 1. The molecule has 0 saturated carbocycles. The lowest BCUT2D eigenvalue weighted by molar-refractivity contribution is -0.148.